The molecule has 0 saturated heterocycles. The summed E-state index contributed by atoms with van der Waals surface area (Å²) in [6.07, 6.45) is 4.50. The first-order chi connectivity index (χ1) is 7.85. The Morgan fingerprint density at radius 2 is 2.06 bits per heavy atom. The van der Waals surface area contributed by atoms with Crippen LogP contribution in [0.5, 0.6) is 0 Å². The van der Waals surface area contributed by atoms with Gasteiger partial charge < -0.3 is 10.8 Å². The summed E-state index contributed by atoms with van der Waals surface area (Å²) in [5, 5.41) is 11.5. The van der Waals surface area contributed by atoms with Crippen LogP contribution in [0.1, 0.15) is 5.56 Å². The van der Waals surface area contributed by atoms with E-state index in [1.54, 1.807) is 0 Å². The lowest BCUT2D eigenvalue weighted by atomic mass is 9.97. The van der Waals surface area contributed by atoms with Crippen molar-refractivity contribution >= 4 is 10.8 Å². The van der Waals surface area contributed by atoms with E-state index in [0.29, 0.717) is 6.54 Å². The summed E-state index contributed by atoms with van der Waals surface area (Å²) in [5.41, 5.74) is 6.75. The SMILES string of the molecule is NCC(CO)Cc1cncc2ccccc12. The third-order valence-electron chi connectivity index (χ3n) is 2.85. The zero-order valence-corrected chi connectivity index (χ0v) is 9.13. The quantitative estimate of drug-likeness (QED) is 0.811. The molecule has 2 rings (SSSR count). The molecular formula is C13H16N2O. The summed E-state index contributed by atoms with van der Waals surface area (Å²) in [5.74, 6) is 0.118. The number of aliphatic hydroxyl groups is 1. The highest BCUT2D eigenvalue weighted by Crippen LogP contribution is 2.19. The monoisotopic (exact) mass is 216 g/mol. The van der Waals surface area contributed by atoms with Crippen molar-refractivity contribution in [1.29, 1.82) is 0 Å². The van der Waals surface area contributed by atoms with E-state index in [9.17, 15) is 0 Å². The zero-order valence-electron chi connectivity index (χ0n) is 9.13. The van der Waals surface area contributed by atoms with Crippen molar-refractivity contribution in [2.24, 2.45) is 11.7 Å². The number of nitrogens with zero attached hydrogens (tertiary/aromatic N) is 1. The topological polar surface area (TPSA) is 59.1 Å². The molecule has 1 atom stereocenters. The van der Waals surface area contributed by atoms with Gasteiger partial charge in [0.2, 0.25) is 0 Å². The zero-order chi connectivity index (χ0) is 11.4. The van der Waals surface area contributed by atoms with Crippen molar-refractivity contribution in [2.45, 2.75) is 6.42 Å². The maximum Gasteiger partial charge on any atom is 0.0474 e. The second-order valence-corrected chi connectivity index (χ2v) is 4.01. The standard InChI is InChI=1S/C13H16N2O/c14-6-10(9-16)5-12-8-15-7-11-3-1-2-4-13(11)12/h1-4,7-8,10,16H,5-6,9,14H2. The first-order valence-electron chi connectivity index (χ1n) is 5.47. The number of aromatic nitrogens is 1. The summed E-state index contributed by atoms with van der Waals surface area (Å²) in [4.78, 5) is 4.21. The van der Waals surface area contributed by atoms with E-state index in [2.05, 4.69) is 11.1 Å². The molecule has 2 aromatic rings. The summed E-state index contributed by atoms with van der Waals surface area (Å²) < 4.78 is 0. The van der Waals surface area contributed by atoms with Gasteiger partial charge in [-0.15, -0.1) is 0 Å². The Balaban J connectivity index is 2.36. The Hall–Kier alpha value is -1.45. The van der Waals surface area contributed by atoms with E-state index in [4.69, 9.17) is 10.8 Å². The number of hydrogen-bond acceptors (Lipinski definition) is 3. The highest BCUT2D eigenvalue weighted by atomic mass is 16.3. The van der Waals surface area contributed by atoms with Gasteiger partial charge in [0.25, 0.3) is 0 Å². The smallest absolute Gasteiger partial charge is 0.0474 e. The Kier molecular flexibility index (Phi) is 3.49. The third kappa shape index (κ3) is 2.21. The molecule has 84 valence electrons. The fourth-order valence-corrected chi connectivity index (χ4v) is 1.88. The molecule has 1 heterocycles. The second-order valence-electron chi connectivity index (χ2n) is 4.01. The first kappa shape index (κ1) is 11.0. The van der Waals surface area contributed by atoms with Gasteiger partial charge in [0, 0.05) is 24.4 Å². The molecule has 1 aromatic heterocycles. The fourth-order valence-electron chi connectivity index (χ4n) is 1.88. The van der Waals surface area contributed by atoms with Gasteiger partial charge in [-0.05, 0) is 29.8 Å². The molecule has 0 fully saturated rings. The minimum Gasteiger partial charge on any atom is -0.396 e. The molecule has 3 nitrogen and oxygen atoms in total. The average Bonchev–Trinajstić information content (AvgIpc) is 2.36. The minimum absolute atomic E-state index is 0.118. The Morgan fingerprint density at radius 3 is 2.81 bits per heavy atom. The molecule has 1 aromatic carbocycles. The predicted octanol–water partition coefficient (Wildman–Crippen LogP) is 1.34. The van der Waals surface area contributed by atoms with Crippen LogP contribution in [-0.2, 0) is 6.42 Å². The molecular weight excluding hydrogens is 200 g/mol. The largest absolute Gasteiger partial charge is 0.396 e. The van der Waals surface area contributed by atoms with E-state index in [0.717, 1.165) is 17.4 Å². The molecule has 0 spiro atoms. The van der Waals surface area contributed by atoms with Gasteiger partial charge >= 0.3 is 0 Å². The normalized spacial score (nSPS) is 12.9. The highest BCUT2D eigenvalue weighted by Gasteiger charge is 2.08. The number of fused-ring (bicyclic) bond motifs is 1. The predicted molar refractivity (Wildman–Crippen MR) is 65.1 cm³/mol. The van der Waals surface area contributed by atoms with Crippen molar-refractivity contribution < 1.29 is 5.11 Å². The summed E-state index contributed by atoms with van der Waals surface area (Å²) in [6.45, 7) is 0.624. The molecule has 3 N–H and O–H groups in total. The summed E-state index contributed by atoms with van der Waals surface area (Å²) >= 11 is 0. The number of nitrogens with two attached hydrogens (primary N) is 1. The third-order valence-corrected chi connectivity index (χ3v) is 2.85. The van der Waals surface area contributed by atoms with Crippen molar-refractivity contribution in [2.75, 3.05) is 13.2 Å². The summed E-state index contributed by atoms with van der Waals surface area (Å²) in [6, 6.07) is 8.14. The van der Waals surface area contributed by atoms with Crippen molar-refractivity contribution in [1.82, 2.24) is 4.98 Å². The maximum absolute atomic E-state index is 9.16. The van der Waals surface area contributed by atoms with E-state index in [-0.39, 0.29) is 12.5 Å². The van der Waals surface area contributed by atoms with Gasteiger partial charge in [-0.25, -0.2) is 0 Å². The van der Waals surface area contributed by atoms with E-state index in [1.165, 1.54) is 5.39 Å². The number of benzene rings is 1. The number of hydrogen-bond donors (Lipinski definition) is 2. The van der Waals surface area contributed by atoms with Crippen LogP contribution in [0.4, 0.5) is 0 Å². The average molecular weight is 216 g/mol. The molecule has 0 radical (unpaired) electrons. The van der Waals surface area contributed by atoms with Crippen LogP contribution in [0.25, 0.3) is 10.8 Å². The van der Waals surface area contributed by atoms with Gasteiger partial charge in [0.1, 0.15) is 0 Å². The number of rotatable bonds is 4. The first-order valence-corrected chi connectivity index (χ1v) is 5.47. The fraction of sp³-hybridized carbons (Fsp3) is 0.308. The van der Waals surface area contributed by atoms with Crippen LogP contribution in [-0.4, -0.2) is 23.2 Å². The maximum atomic E-state index is 9.16. The molecule has 0 aliphatic carbocycles. The van der Waals surface area contributed by atoms with E-state index >= 15 is 0 Å². The van der Waals surface area contributed by atoms with Gasteiger partial charge in [0.15, 0.2) is 0 Å². The molecule has 0 aliphatic rings. The number of pyridine rings is 1. The van der Waals surface area contributed by atoms with E-state index in [1.807, 2.05) is 30.6 Å². The molecule has 0 bridgehead atoms. The van der Waals surface area contributed by atoms with Gasteiger partial charge in [-0.2, -0.15) is 0 Å². The molecule has 0 saturated carbocycles. The van der Waals surface area contributed by atoms with Crippen molar-refractivity contribution in [3.05, 3.63) is 42.2 Å². The lowest BCUT2D eigenvalue weighted by molar-refractivity contribution is 0.230. The molecule has 16 heavy (non-hydrogen) atoms. The second kappa shape index (κ2) is 5.05. The van der Waals surface area contributed by atoms with Crippen LogP contribution < -0.4 is 5.73 Å². The lowest BCUT2D eigenvalue weighted by Crippen LogP contribution is -2.20. The van der Waals surface area contributed by atoms with Crippen LogP contribution in [0.15, 0.2) is 36.7 Å². The lowest BCUT2D eigenvalue weighted by Gasteiger charge is -2.12. The van der Waals surface area contributed by atoms with Gasteiger partial charge in [-0.1, -0.05) is 24.3 Å². The number of aliphatic hydroxyl groups excluding tert-OH is 1. The Labute approximate surface area is 94.9 Å². The van der Waals surface area contributed by atoms with Crippen molar-refractivity contribution in [3.63, 3.8) is 0 Å². The molecule has 3 heteroatoms. The summed E-state index contributed by atoms with van der Waals surface area (Å²) in [7, 11) is 0. The Morgan fingerprint density at radius 1 is 1.25 bits per heavy atom. The Bertz CT molecular complexity index is 461. The van der Waals surface area contributed by atoms with E-state index < -0.39 is 0 Å². The van der Waals surface area contributed by atoms with Gasteiger partial charge in [-0.3, -0.25) is 4.98 Å². The van der Waals surface area contributed by atoms with Crippen LogP contribution >= 0.6 is 0 Å². The minimum atomic E-state index is 0.118. The van der Waals surface area contributed by atoms with Gasteiger partial charge in [0.05, 0.1) is 0 Å². The van der Waals surface area contributed by atoms with Crippen LogP contribution in [0, 0.1) is 5.92 Å². The highest BCUT2D eigenvalue weighted by molar-refractivity contribution is 5.84. The molecule has 0 amide bonds. The van der Waals surface area contributed by atoms with Crippen LogP contribution in [0.3, 0.4) is 0 Å². The molecule has 1 unspecified atom stereocenters. The van der Waals surface area contributed by atoms with Crippen LogP contribution in [0.2, 0.25) is 0 Å². The molecule has 0 aliphatic heterocycles. The van der Waals surface area contributed by atoms with Crippen molar-refractivity contribution in [3.8, 4) is 0 Å².